The Morgan fingerprint density at radius 1 is 1.09 bits per heavy atom. The van der Waals surface area contributed by atoms with Crippen molar-refractivity contribution in [3.63, 3.8) is 0 Å². The van der Waals surface area contributed by atoms with Crippen molar-refractivity contribution in [1.29, 1.82) is 0 Å². The molecule has 9 heteroatoms. The molecule has 1 unspecified atom stereocenters. The number of amides is 3. The van der Waals surface area contributed by atoms with Crippen LogP contribution in [0.4, 0.5) is 4.79 Å². The lowest BCUT2D eigenvalue weighted by molar-refractivity contribution is -0.142. The van der Waals surface area contributed by atoms with Gasteiger partial charge in [-0.2, -0.15) is 0 Å². The highest BCUT2D eigenvalue weighted by Gasteiger charge is 2.47. The first-order valence-electron chi connectivity index (χ1n) is 13.2. The quantitative estimate of drug-likeness (QED) is 0.246. The Labute approximate surface area is 207 Å². The number of primary amides is 1. The number of unbranched alkanes of at least 4 members (excludes halogenated alkanes) is 3. The van der Waals surface area contributed by atoms with E-state index in [1.54, 1.807) is 0 Å². The minimum atomic E-state index is -0.721. The number of ether oxygens (including phenoxy) is 2. The fourth-order valence-corrected chi connectivity index (χ4v) is 5.78. The first-order chi connectivity index (χ1) is 16.9. The summed E-state index contributed by atoms with van der Waals surface area (Å²) in [4.78, 5) is 50.6. The van der Waals surface area contributed by atoms with Gasteiger partial charge in [0, 0.05) is 6.54 Å². The van der Waals surface area contributed by atoms with Crippen LogP contribution >= 0.6 is 0 Å². The number of carbonyl (C=O) groups is 4. The molecule has 7 atom stereocenters. The van der Waals surface area contributed by atoms with Gasteiger partial charge in [-0.3, -0.25) is 14.4 Å². The average Bonchev–Trinajstić information content (AvgIpc) is 3.66. The molecule has 0 aromatic heterocycles. The third-order valence-electron chi connectivity index (χ3n) is 8.02. The van der Waals surface area contributed by atoms with E-state index in [1.807, 2.05) is 0 Å². The molecule has 1 saturated heterocycles. The van der Waals surface area contributed by atoms with E-state index in [0.717, 1.165) is 51.4 Å². The van der Waals surface area contributed by atoms with Crippen molar-refractivity contribution in [2.24, 2.45) is 29.4 Å². The van der Waals surface area contributed by atoms with Gasteiger partial charge in [0.1, 0.15) is 18.2 Å². The minimum Gasteiger partial charge on any atom is -0.469 e. The summed E-state index contributed by atoms with van der Waals surface area (Å²) in [5.74, 6) is 0.822. The fourth-order valence-electron chi connectivity index (χ4n) is 5.78. The van der Waals surface area contributed by atoms with Crippen molar-refractivity contribution >= 4 is 23.9 Å². The largest absolute Gasteiger partial charge is 0.469 e. The molecule has 35 heavy (non-hydrogen) atoms. The van der Waals surface area contributed by atoms with E-state index in [4.69, 9.17) is 15.2 Å². The van der Waals surface area contributed by atoms with Gasteiger partial charge in [0.25, 0.3) is 0 Å². The predicted octanol–water partition coefficient (Wildman–Crippen LogP) is 2.67. The van der Waals surface area contributed by atoms with E-state index in [9.17, 15) is 19.2 Å². The smallest absolute Gasteiger partial charge is 0.408 e. The Balaban J connectivity index is 1.22. The van der Waals surface area contributed by atoms with E-state index >= 15 is 0 Å². The van der Waals surface area contributed by atoms with Crippen LogP contribution in [0.3, 0.4) is 0 Å². The second kappa shape index (κ2) is 11.4. The van der Waals surface area contributed by atoms with E-state index in [1.165, 1.54) is 18.4 Å². The maximum Gasteiger partial charge on any atom is 0.408 e. The van der Waals surface area contributed by atoms with Crippen LogP contribution < -0.4 is 11.1 Å². The second-order valence-corrected chi connectivity index (χ2v) is 10.6. The zero-order valence-corrected chi connectivity index (χ0v) is 20.7. The number of esters is 1. The van der Waals surface area contributed by atoms with E-state index in [-0.39, 0.29) is 23.9 Å². The standard InChI is InChI=1S/C26H39N3O6/c1-34-25(32)20-15-16(20)8-5-3-2-4-6-9-21(24(31)29-11-7-10-22(29)23(27)30)28-26(33)35-19-13-17-12-18(17)14-19/h5,8,16-22H,2-4,6-7,9-15H2,1H3,(H2,27,30)(H,28,33)/b8-5-/t16-,17-,18+,19?,20+,21+,22+/m1/s1. The van der Waals surface area contributed by atoms with Crippen molar-refractivity contribution in [3.05, 3.63) is 12.2 Å². The molecule has 3 amide bonds. The highest BCUT2D eigenvalue weighted by Crippen LogP contribution is 2.52. The van der Waals surface area contributed by atoms with Gasteiger partial charge in [-0.1, -0.05) is 25.0 Å². The topological polar surface area (TPSA) is 128 Å². The van der Waals surface area contributed by atoms with Gasteiger partial charge < -0.3 is 25.4 Å². The van der Waals surface area contributed by atoms with Crippen molar-refractivity contribution < 1.29 is 28.7 Å². The van der Waals surface area contributed by atoms with Gasteiger partial charge in [-0.25, -0.2) is 4.79 Å². The number of rotatable bonds is 12. The monoisotopic (exact) mass is 489 g/mol. The number of allylic oxidation sites excluding steroid dienone is 2. The molecule has 0 aromatic rings. The number of likely N-dealkylation sites (tertiary alicyclic amines) is 1. The molecule has 9 nitrogen and oxygen atoms in total. The lowest BCUT2D eigenvalue weighted by atomic mass is 10.0. The molecule has 194 valence electrons. The second-order valence-electron chi connectivity index (χ2n) is 10.6. The molecule has 3 saturated carbocycles. The summed E-state index contributed by atoms with van der Waals surface area (Å²) >= 11 is 0. The van der Waals surface area contributed by atoms with Crippen LogP contribution in [0, 0.1) is 23.7 Å². The van der Waals surface area contributed by atoms with E-state index < -0.39 is 24.1 Å². The summed E-state index contributed by atoms with van der Waals surface area (Å²) in [6.07, 6.45) is 12.8. The van der Waals surface area contributed by atoms with Gasteiger partial charge in [0.05, 0.1) is 13.0 Å². The molecular weight excluding hydrogens is 450 g/mol. The van der Waals surface area contributed by atoms with Crippen LogP contribution in [-0.2, 0) is 23.9 Å². The normalized spacial score (nSPS) is 31.6. The average molecular weight is 490 g/mol. The maximum absolute atomic E-state index is 13.2. The van der Waals surface area contributed by atoms with Crippen molar-refractivity contribution in [1.82, 2.24) is 10.2 Å². The van der Waals surface area contributed by atoms with Crippen LogP contribution in [0.2, 0.25) is 0 Å². The zero-order valence-electron chi connectivity index (χ0n) is 20.7. The summed E-state index contributed by atoms with van der Waals surface area (Å²) in [7, 11) is 1.42. The van der Waals surface area contributed by atoms with E-state index in [0.29, 0.717) is 37.1 Å². The van der Waals surface area contributed by atoms with Gasteiger partial charge in [-0.05, 0) is 75.5 Å². The number of fused-ring (bicyclic) bond motifs is 1. The van der Waals surface area contributed by atoms with Crippen LogP contribution in [0.1, 0.15) is 70.6 Å². The summed E-state index contributed by atoms with van der Waals surface area (Å²) in [6.45, 7) is 0.476. The third-order valence-corrected chi connectivity index (χ3v) is 8.02. The molecule has 1 aliphatic heterocycles. The number of nitrogens with one attached hydrogen (secondary N) is 1. The Bertz CT molecular complexity index is 835. The molecule has 1 heterocycles. The fraction of sp³-hybridized carbons (Fsp3) is 0.769. The maximum atomic E-state index is 13.2. The number of nitrogens with two attached hydrogens (primary N) is 1. The number of methoxy groups -OCH3 is 1. The summed E-state index contributed by atoms with van der Waals surface area (Å²) in [5.41, 5.74) is 5.50. The van der Waals surface area contributed by atoms with Crippen LogP contribution in [0.5, 0.6) is 0 Å². The first-order valence-corrected chi connectivity index (χ1v) is 13.2. The summed E-state index contributed by atoms with van der Waals surface area (Å²) in [6, 6.07) is -1.33. The molecule has 0 aromatic carbocycles. The summed E-state index contributed by atoms with van der Waals surface area (Å²) < 4.78 is 10.4. The lowest BCUT2D eigenvalue weighted by Crippen LogP contribution is -2.53. The third kappa shape index (κ3) is 6.76. The number of hydrogen-bond donors (Lipinski definition) is 2. The van der Waals surface area contributed by atoms with Crippen LogP contribution in [-0.4, -0.2) is 60.6 Å². The highest BCUT2D eigenvalue weighted by atomic mass is 16.6. The highest BCUT2D eigenvalue weighted by molar-refractivity contribution is 5.91. The Morgan fingerprint density at radius 2 is 1.86 bits per heavy atom. The van der Waals surface area contributed by atoms with Gasteiger partial charge in [0.2, 0.25) is 11.8 Å². The van der Waals surface area contributed by atoms with Gasteiger partial charge in [0.15, 0.2) is 0 Å². The van der Waals surface area contributed by atoms with Gasteiger partial charge >= 0.3 is 12.1 Å². The molecule has 4 fully saturated rings. The lowest BCUT2D eigenvalue weighted by Gasteiger charge is -2.28. The molecule has 4 rings (SSSR count). The molecule has 0 radical (unpaired) electrons. The first kappa shape index (κ1) is 25.5. The van der Waals surface area contributed by atoms with Crippen molar-refractivity contribution in [2.75, 3.05) is 13.7 Å². The molecule has 4 aliphatic rings. The number of hydrogen-bond acceptors (Lipinski definition) is 6. The molecule has 0 spiro atoms. The van der Waals surface area contributed by atoms with Crippen LogP contribution in [0.15, 0.2) is 12.2 Å². The SMILES string of the molecule is COC(=O)[C@H]1C[C@H]1/C=C\CCCCC[C@H](NC(=O)OC1C[C@@H]2C[C@@H]2C1)C(=O)N1CCC[C@H]1C(N)=O. The molecule has 3 N–H and O–H groups in total. The van der Waals surface area contributed by atoms with Gasteiger partial charge in [-0.15, -0.1) is 0 Å². The molecular formula is C26H39N3O6. The molecule has 3 aliphatic carbocycles. The number of alkyl carbamates (subject to hydrolysis) is 1. The van der Waals surface area contributed by atoms with Crippen LogP contribution in [0.25, 0.3) is 0 Å². The predicted molar refractivity (Wildman–Crippen MR) is 128 cm³/mol. The number of nitrogens with zero attached hydrogens (tertiary/aromatic N) is 1. The summed E-state index contributed by atoms with van der Waals surface area (Å²) in [5, 5.41) is 2.79. The number of carbonyl (C=O) groups excluding carboxylic acids is 4. The Morgan fingerprint density at radius 3 is 2.57 bits per heavy atom. The molecule has 0 bridgehead atoms. The van der Waals surface area contributed by atoms with Crippen molar-refractivity contribution in [3.8, 4) is 0 Å². The van der Waals surface area contributed by atoms with Crippen molar-refractivity contribution in [2.45, 2.75) is 88.8 Å². The zero-order chi connectivity index (χ0) is 24.9. The Kier molecular flexibility index (Phi) is 8.34. The van der Waals surface area contributed by atoms with E-state index in [2.05, 4.69) is 17.5 Å². The Hall–Kier alpha value is -2.58. The minimum absolute atomic E-state index is 0.0127.